The molecule has 1 aromatic carbocycles. The molecule has 0 spiro atoms. The maximum Gasteiger partial charge on any atom is 0.237 e. The minimum absolute atomic E-state index is 0.00514. The largest absolute Gasteiger partial charge is 0.325 e. The summed E-state index contributed by atoms with van der Waals surface area (Å²) >= 11 is 1.66. The van der Waals surface area contributed by atoms with E-state index in [2.05, 4.69) is 10.3 Å². The number of aromatic nitrogens is 1. The van der Waals surface area contributed by atoms with Crippen LogP contribution in [0.4, 0.5) is 5.69 Å². The van der Waals surface area contributed by atoms with Crippen LogP contribution in [-0.4, -0.2) is 20.9 Å². The first-order valence-corrected chi connectivity index (χ1v) is 10.2. The average molecular weight is 348 g/mol. The van der Waals surface area contributed by atoms with Gasteiger partial charge in [-0.25, -0.2) is 4.98 Å². The summed E-state index contributed by atoms with van der Waals surface area (Å²) in [6.07, 6.45) is 5.00. The van der Waals surface area contributed by atoms with Crippen LogP contribution in [0.3, 0.4) is 0 Å². The third-order valence-corrected chi connectivity index (χ3v) is 6.19. The molecule has 2 aromatic rings. The zero-order chi connectivity index (χ0) is 16.1. The van der Waals surface area contributed by atoms with E-state index in [-0.39, 0.29) is 11.7 Å². The normalized spacial score (nSPS) is 16.3. The number of rotatable bonds is 6. The van der Waals surface area contributed by atoms with E-state index in [4.69, 9.17) is 0 Å². The predicted octanol–water partition coefficient (Wildman–Crippen LogP) is 3.69. The monoisotopic (exact) mass is 348 g/mol. The van der Waals surface area contributed by atoms with Gasteiger partial charge in [-0.2, -0.15) is 0 Å². The van der Waals surface area contributed by atoms with Crippen molar-refractivity contribution >= 4 is 33.7 Å². The van der Waals surface area contributed by atoms with Gasteiger partial charge in [-0.1, -0.05) is 31.0 Å². The lowest BCUT2D eigenvalue weighted by Crippen LogP contribution is -2.20. The third-order valence-electron chi connectivity index (χ3n) is 3.93. The molecule has 1 heterocycles. The number of hydrogen-bond acceptors (Lipinski definition) is 4. The zero-order valence-electron chi connectivity index (χ0n) is 12.9. The summed E-state index contributed by atoms with van der Waals surface area (Å²) in [6.45, 7) is 0. The minimum atomic E-state index is -1.23. The van der Waals surface area contributed by atoms with Crippen molar-refractivity contribution in [3.63, 3.8) is 0 Å². The third kappa shape index (κ3) is 4.72. The van der Waals surface area contributed by atoms with Crippen LogP contribution in [0, 0.1) is 0 Å². The SMILES string of the molecule is O=C(C[S@@](=O)Cc1csc(C2CCCC2)n1)Nc1ccccc1. The van der Waals surface area contributed by atoms with Crippen molar-refractivity contribution in [2.24, 2.45) is 0 Å². The van der Waals surface area contributed by atoms with Gasteiger partial charge in [-0.3, -0.25) is 9.00 Å². The summed E-state index contributed by atoms with van der Waals surface area (Å²) in [7, 11) is -1.23. The van der Waals surface area contributed by atoms with Crippen molar-refractivity contribution in [2.75, 3.05) is 11.1 Å². The van der Waals surface area contributed by atoms with E-state index in [0.29, 0.717) is 11.7 Å². The molecule has 6 heteroatoms. The van der Waals surface area contributed by atoms with Crippen molar-refractivity contribution in [1.29, 1.82) is 0 Å². The highest BCUT2D eigenvalue weighted by Gasteiger charge is 2.20. The number of nitrogens with one attached hydrogen (secondary N) is 1. The highest BCUT2D eigenvalue weighted by atomic mass is 32.2. The number of carbonyl (C=O) groups excluding carboxylic acids is 1. The summed E-state index contributed by atoms with van der Waals surface area (Å²) < 4.78 is 12.2. The molecule has 1 N–H and O–H groups in total. The molecule has 4 nitrogen and oxygen atoms in total. The van der Waals surface area contributed by atoms with Crippen LogP contribution in [0.5, 0.6) is 0 Å². The van der Waals surface area contributed by atoms with E-state index >= 15 is 0 Å². The Hall–Kier alpha value is -1.53. The molecule has 1 fully saturated rings. The second-order valence-electron chi connectivity index (χ2n) is 5.80. The van der Waals surface area contributed by atoms with Gasteiger partial charge in [0.25, 0.3) is 0 Å². The highest BCUT2D eigenvalue weighted by molar-refractivity contribution is 7.84. The summed E-state index contributed by atoms with van der Waals surface area (Å²) in [4.78, 5) is 16.5. The number of benzene rings is 1. The predicted molar refractivity (Wildman–Crippen MR) is 95.1 cm³/mol. The molecule has 1 saturated carbocycles. The molecule has 1 amide bonds. The number of anilines is 1. The second-order valence-corrected chi connectivity index (χ2v) is 8.15. The molecule has 3 rings (SSSR count). The van der Waals surface area contributed by atoms with Gasteiger partial charge < -0.3 is 5.32 Å². The van der Waals surface area contributed by atoms with Crippen LogP contribution in [0.1, 0.15) is 42.3 Å². The Morgan fingerprint density at radius 3 is 2.74 bits per heavy atom. The molecular formula is C17H20N2O2S2. The van der Waals surface area contributed by atoms with Crippen molar-refractivity contribution in [3.05, 3.63) is 46.4 Å². The Morgan fingerprint density at radius 1 is 1.26 bits per heavy atom. The lowest BCUT2D eigenvalue weighted by molar-refractivity contribution is -0.113. The molecule has 0 bridgehead atoms. The van der Waals surface area contributed by atoms with Crippen LogP contribution >= 0.6 is 11.3 Å². The molecular weight excluding hydrogens is 328 g/mol. The standard InChI is InChI=1S/C17H20N2O2S2/c20-16(18-14-8-2-1-3-9-14)12-23(21)11-15-10-22-17(19-15)13-6-4-5-7-13/h1-3,8-10,13H,4-7,11-12H2,(H,18,20)/t23-/m0/s1. The summed E-state index contributed by atoms with van der Waals surface area (Å²) in [6, 6.07) is 9.22. The van der Waals surface area contributed by atoms with E-state index in [1.165, 1.54) is 30.7 Å². The number of para-hydroxylation sites is 1. The molecule has 1 atom stereocenters. The fourth-order valence-electron chi connectivity index (χ4n) is 2.83. The van der Waals surface area contributed by atoms with Gasteiger partial charge in [0.1, 0.15) is 5.75 Å². The van der Waals surface area contributed by atoms with Crippen molar-refractivity contribution in [1.82, 2.24) is 4.98 Å². The van der Waals surface area contributed by atoms with Gasteiger partial charge >= 0.3 is 0 Å². The number of thiazole rings is 1. The smallest absolute Gasteiger partial charge is 0.237 e. The van der Waals surface area contributed by atoms with Gasteiger partial charge in [0, 0.05) is 27.8 Å². The number of hydrogen-bond donors (Lipinski definition) is 1. The zero-order valence-corrected chi connectivity index (χ0v) is 14.5. The van der Waals surface area contributed by atoms with Crippen LogP contribution < -0.4 is 5.32 Å². The van der Waals surface area contributed by atoms with E-state index in [9.17, 15) is 9.00 Å². The topological polar surface area (TPSA) is 59.1 Å². The Balaban J connectivity index is 1.50. The van der Waals surface area contributed by atoms with Crippen LogP contribution in [-0.2, 0) is 21.3 Å². The first-order chi connectivity index (χ1) is 11.2. The number of nitrogens with zero attached hydrogens (tertiary/aromatic N) is 1. The second kappa shape index (κ2) is 7.84. The van der Waals surface area contributed by atoms with Crippen LogP contribution in [0.15, 0.2) is 35.7 Å². The Morgan fingerprint density at radius 2 is 2.00 bits per heavy atom. The quantitative estimate of drug-likeness (QED) is 0.866. The summed E-state index contributed by atoms with van der Waals surface area (Å²) in [5.41, 5.74) is 1.58. The van der Waals surface area contributed by atoms with Crippen LogP contribution in [0.2, 0.25) is 0 Å². The maximum absolute atomic E-state index is 12.2. The lowest BCUT2D eigenvalue weighted by Gasteiger charge is -2.05. The van der Waals surface area contributed by atoms with Gasteiger partial charge in [-0.05, 0) is 25.0 Å². The van der Waals surface area contributed by atoms with Gasteiger partial charge in [0.05, 0.1) is 16.5 Å². The van der Waals surface area contributed by atoms with Crippen molar-refractivity contribution < 1.29 is 9.00 Å². The highest BCUT2D eigenvalue weighted by Crippen LogP contribution is 2.35. The van der Waals surface area contributed by atoms with Gasteiger partial charge in [0.2, 0.25) is 5.91 Å². The first-order valence-electron chi connectivity index (χ1n) is 7.85. The lowest BCUT2D eigenvalue weighted by atomic mass is 10.1. The molecule has 122 valence electrons. The Kier molecular flexibility index (Phi) is 5.56. The number of carbonyl (C=O) groups is 1. The van der Waals surface area contributed by atoms with Gasteiger partial charge in [0.15, 0.2) is 0 Å². The maximum atomic E-state index is 12.2. The molecule has 23 heavy (non-hydrogen) atoms. The van der Waals surface area contributed by atoms with Crippen LogP contribution in [0.25, 0.3) is 0 Å². The van der Waals surface area contributed by atoms with E-state index in [1.807, 2.05) is 35.7 Å². The molecule has 1 aliphatic rings. The fraction of sp³-hybridized carbons (Fsp3) is 0.412. The fourth-order valence-corrected chi connectivity index (χ4v) is 4.87. The molecule has 0 unspecified atom stereocenters. The molecule has 0 aliphatic heterocycles. The summed E-state index contributed by atoms with van der Waals surface area (Å²) in [5, 5.41) is 5.92. The Labute approximate surface area is 142 Å². The van der Waals surface area contributed by atoms with E-state index in [1.54, 1.807) is 11.3 Å². The molecule has 0 radical (unpaired) electrons. The van der Waals surface area contributed by atoms with Gasteiger partial charge in [-0.15, -0.1) is 11.3 Å². The van der Waals surface area contributed by atoms with E-state index < -0.39 is 10.8 Å². The molecule has 1 aliphatic carbocycles. The Bertz CT molecular complexity index is 679. The minimum Gasteiger partial charge on any atom is -0.325 e. The van der Waals surface area contributed by atoms with Crippen molar-refractivity contribution in [2.45, 2.75) is 37.4 Å². The average Bonchev–Trinajstić information content (AvgIpc) is 3.18. The summed E-state index contributed by atoms with van der Waals surface area (Å²) in [5.74, 6) is 0.723. The molecule has 1 aromatic heterocycles. The van der Waals surface area contributed by atoms with E-state index in [0.717, 1.165) is 11.4 Å². The number of amides is 1. The first kappa shape index (κ1) is 16.3. The molecule has 0 saturated heterocycles. The van der Waals surface area contributed by atoms with Crippen molar-refractivity contribution in [3.8, 4) is 0 Å².